The number of nitrogens with zero attached hydrogens (tertiary/aromatic N) is 1. The number of alkyl halides is 1. The van der Waals surface area contributed by atoms with Crippen LogP contribution in [-0.4, -0.2) is 29.4 Å². The average Bonchev–Trinajstić information content (AvgIpc) is 1.98. The second kappa shape index (κ2) is 3.51. The molecule has 15 heavy (non-hydrogen) atoms. The van der Waals surface area contributed by atoms with Crippen molar-refractivity contribution in [3.63, 3.8) is 0 Å². The van der Waals surface area contributed by atoms with E-state index in [1.165, 1.54) is 38.5 Å². The van der Waals surface area contributed by atoms with Gasteiger partial charge < -0.3 is 4.90 Å². The van der Waals surface area contributed by atoms with E-state index in [1.54, 1.807) is 0 Å². The Bertz CT molecular complexity index is 250. The molecule has 88 valence electrons. The van der Waals surface area contributed by atoms with Gasteiger partial charge in [0.05, 0.1) is 0 Å². The van der Waals surface area contributed by atoms with Gasteiger partial charge in [-0.05, 0) is 64.5 Å². The Morgan fingerprint density at radius 1 is 1.07 bits per heavy atom. The molecule has 0 aromatic carbocycles. The minimum atomic E-state index is 0. The zero-order valence-electron chi connectivity index (χ0n) is 9.63. The summed E-state index contributed by atoms with van der Waals surface area (Å²) >= 11 is 6.74. The van der Waals surface area contributed by atoms with Crippen LogP contribution in [0.15, 0.2) is 0 Å². The largest absolute Gasteiger partial charge is 0.304 e. The van der Waals surface area contributed by atoms with Crippen molar-refractivity contribution < 1.29 is 0 Å². The summed E-state index contributed by atoms with van der Waals surface area (Å²) in [5, 5.41) is 0. The molecule has 4 bridgehead atoms. The van der Waals surface area contributed by atoms with E-state index in [1.807, 2.05) is 0 Å². The van der Waals surface area contributed by atoms with Gasteiger partial charge in [-0.2, -0.15) is 0 Å². The van der Waals surface area contributed by atoms with Crippen LogP contribution in [0, 0.1) is 11.8 Å². The van der Waals surface area contributed by atoms with Crippen LogP contribution in [-0.2, 0) is 0 Å². The Balaban J connectivity index is 0.000000853. The molecule has 2 unspecified atom stereocenters. The highest BCUT2D eigenvalue weighted by Crippen LogP contribution is 2.61. The first-order valence-corrected chi connectivity index (χ1v) is 6.26. The summed E-state index contributed by atoms with van der Waals surface area (Å²) in [6.07, 6.45) is 8.10. The van der Waals surface area contributed by atoms with Crippen LogP contribution in [0.5, 0.6) is 0 Å². The Hall–Kier alpha value is 0.540. The smallest absolute Gasteiger partial charge is 0.0469 e. The summed E-state index contributed by atoms with van der Waals surface area (Å²) in [7, 11) is 4.49. The SMILES string of the molecule is CN(C)C12CC3CC(CC(Cl)(C3)C1)C2.Cl. The van der Waals surface area contributed by atoms with Crippen LogP contribution in [0.1, 0.15) is 38.5 Å². The van der Waals surface area contributed by atoms with Gasteiger partial charge in [0.25, 0.3) is 0 Å². The first-order chi connectivity index (χ1) is 6.51. The monoisotopic (exact) mass is 249 g/mol. The average molecular weight is 250 g/mol. The summed E-state index contributed by atoms with van der Waals surface area (Å²) < 4.78 is 0. The molecule has 0 amide bonds. The minimum Gasteiger partial charge on any atom is -0.304 e. The molecule has 1 nitrogen and oxygen atoms in total. The van der Waals surface area contributed by atoms with Gasteiger partial charge in [-0.3, -0.25) is 0 Å². The van der Waals surface area contributed by atoms with Crippen LogP contribution in [0.25, 0.3) is 0 Å². The van der Waals surface area contributed by atoms with Crippen LogP contribution < -0.4 is 0 Å². The van der Waals surface area contributed by atoms with Crippen molar-refractivity contribution in [2.45, 2.75) is 48.9 Å². The Kier molecular flexibility index (Phi) is 2.81. The Morgan fingerprint density at radius 2 is 1.60 bits per heavy atom. The second-order valence-electron chi connectivity index (χ2n) is 6.23. The summed E-state index contributed by atoms with van der Waals surface area (Å²) in [4.78, 5) is 2.63. The summed E-state index contributed by atoms with van der Waals surface area (Å²) in [5.74, 6) is 1.85. The molecule has 0 radical (unpaired) electrons. The summed E-state index contributed by atoms with van der Waals surface area (Å²) in [6.45, 7) is 0. The molecule has 0 saturated heterocycles. The second-order valence-corrected chi connectivity index (χ2v) is 7.03. The van der Waals surface area contributed by atoms with Crippen LogP contribution in [0.2, 0.25) is 0 Å². The van der Waals surface area contributed by atoms with E-state index < -0.39 is 0 Å². The molecule has 0 heterocycles. The van der Waals surface area contributed by atoms with E-state index in [4.69, 9.17) is 11.6 Å². The normalized spacial score (nSPS) is 52.0. The molecule has 2 atom stereocenters. The molecular formula is C12H21Cl2N. The minimum absolute atomic E-state index is 0. The Labute approximate surface area is 104 Å². The topological polar surface area (TPSA) is 3.24 Å². The number of hydrogen-bond donors (Lipinski definition) is 0. The maximum absolute atomic E-state index is 6.74. The van der Waals surface area contributed by atoms with Gasteiger partial charge in [-0.1, -0.05) is 0 Å². The van der Waals surface area contributed by atoms with Gasteiger partial charge in [0, 0.05) is 10.4 Å². The fourth-order valence-corrected chi connectivity index (χ4v) is 5.31. The number of halogens is 2. The number of rotatable bonds is 1. The quantitative estimate of drug-likeness (QED) is 0.645. The molecular weight excluding hydrogens is 229 g/mol. The predicted molar refractivity (Wildman–Crippen MR) is 66.9 cm³/mol. The van der Waals surface area contributed by atoms with E-state index >= 15 is 0 Å². The molecule has 4 aliphatic rings. The zero-order chi connectivity index (χ0) is 9.97. The van der Waals surface area contributed by atoms with Crippen LogP contribution in [0.4, 0.5) is 0 Å². The molecule has 4 saturated carbocycles. The van der Waals surface area contributed by atoms with E-state index in [2.05, 4.69) is 19.0 Å². The van der Waals surface area contributed by atoms with Crippen LogP contribution in [0.3, 0.4) is 0 Å². The van der Waals surface area contributed by atoms with Crippen molar-refractivity contribution in [2.75, 3.05) is 14.1 Å². The highest BCUT2D eigenvalue weighted by atomic mass is 35.5. The summed E-state index contributed by atoms with van der Waals surface area (Å²) in [6, 6.07) is 0. The highest BCUT2D eigenvalue weighted by molar-refractivity contribution is 6.24. The molecule has 0 spiro atoms. The van der Waals surface area contributed by atoms with Crippen molar-refractivity contribution in [3.05, 3.63) is 0 Å². The number of hydrogen-bond acceptors (Lipinski definition) is 1. The third-order valence-electron chi connectivity index (χ3n) is 4.91. The molecule has 0 aromatic heterocycles. The molecule has 3 heteroatoms. The third kappa shape index (κ3) is 1.71. The van der Waals surface area contributed by atoms with Gasteiger partial charge >= 0.3 is 0 Å². The predicted octanol–water partition coefficient (Wildman–Crippen LogP) is 3.30. The van der Waals surface area contributed by atoms with Crippen molar-refractivity contribution in [3.8, 4) is 0 Å². The van der Waals surface area contributed by atoms with Gasteiger partial charge in [-0.25, -0.2) is 0 Å². The third-order valence-corrected chi connectivity index (χ3v) is 5.35. The van der Waals surface area contributed by atoms with Crippen molar-refractivity contribution in [1.29, 1.82) is 0 Å². The van der Waals surface area contributed by atoms with Crippen LogP contribution >= 0.6 is 24.0 Å². The molecule has 0 N–H and O–H groups in total. The Morgan fingerprint density at radius 3 is 2.00 bits per heavy atom. The van der Waals surface area contributed by atoms with Crippen molar-refractivity contribution in [2.24, 2.45) is 11.8 Å². The lowest BCUT2D eigenvalue weighted by atomic mass is 9.52. The highest BCUT2D eigenvalue weighted by Gasteiger charge is 2.57. The lowest BCUT2D eigenvalue weighted by molar-refractivity contribution is -0.0592. The van der Waals surface area contributed by atoms with Gasteiger partial charge in [0.1, 0.15) is 0 Å². The standard InChI is InChI=1S/C12H20ClN.ClH/c1-14(2)12-6-9-3-10(7-12)5-11(13,4-9)8-12;/h9-10H,3-8H2,1-2H3;1H. The summed E-state index contributed by atoms with van der Waals surface area (Å²) in [5.41, 5.74) is 0.464. The fourth-order valence-electron chi connectivity index (χ4n) is 4.63. The lowest BCUT2D eigenvalue weighted by Crippen LogP contribution is -2.62. The maximum Gasteiger partial charge on any atom is 0.0469 e. The van der Waals surface area contributed by atoms with Gasteiger partial charge in [-0.15, -0.1) is 24.0 Å². The van der Waals surface area contributed by atoms with Gasteiger partial charge in [0.2, 0.25) is 0 Å². The molecule has 4 rings (SSSR count). The van der Waals surface area contributed by atoms with Crippen molar-refractivity contribution in [1.82, 2.24) is 4.90 Å². The van der Waals surface area contributed by atoms with E-state index in [0.717, 1.165) is 11.8 Å². The molecule has 4 aliphatic carbocycles. The fraction of sp³-hybridized carbons (Fsp3) is 1.00. The molecule has 0 aromatic rings. The van der Waals surface area contributed by atoms with Gasteiger partial charge in [0.15, 0.2) is 0 Å². The van der Waals surface area contributed by atoms with Crippen molar-refractivity contribution >= 4 is 24.0 Å². The first-order valence-electron chi connectivity index (χ1n) is 5.88. The van der Waals surface area contributed by atoms with E-state index in [0.29, 0.717) is 5.54 Å². The molecule has 0 aliphatic heterocycles. The van der Waals surface area contributed by atoms with E-state index in [9.17, 15) is 0 Å². The molecule has 4 fully saturated rings. The lowest BCUT2D eigenvalue weighted by Gasteiger charge is -2.62. The first kappa shape index (κ1) is 12.0. The van der Waals surface area contributed by atoms with E-state index in [-0.39, 0.29) is 17.3 Å². The maximum atomic E-state index is 6.74. The zero-order valence-corrected chi connectivity index (χ0v) is 11.2.